The summed E-state index contributed by atoms with van der Waals surface area (Å²) < 4.78 is 11.3. The van der Waals surface area contributed by atoms with Crippen LogP contribution in [0.3, 0.4) is 0 Å². The first-order valence-electron chi connectivity index (χ1n) is 13.2. The zero-order valence-corrected chi connectivity index (χ0v) is 25.3. The summed E-state index contributed by atoms with van der Waals surface area (Å²) in [6.45, 7) is 10.1. The largest absolute Gasteiger partial charge is 0.479 e. The summed E-state index contributed by atoms with van der Waals surface area (Å²) in [4.78, 5) is 55.6. The topological polar surface area (TPSA) is 144 Å². The highest BCUT2D eigenvalue weighted by Gasteiger charge is 2.39. The zero-order valence-electron chi connectivity index (χ0n) is 24.5. The van der Waals surface area contributed by atoms with Gasteiger partial charge in [-0.1, -0.05) is 18.2 Å². The number of pyridine rings is 1. The Kier molecular flexibility index (Phi) is 8.38. The minimum Gasteiger partial charge on any atom is -0.479 e. The fourth-order valence-electron chi connectivity index (χ4n) is 4.78. The number of carboxylic acids is 1. The number of alkyl carbamates (subject to hydrolysis) is 1. The molecule has 1 atom stereocenters. The lowest BCUT2D eigenvalue weighted by Gasteiger charge is -2.29. The van der Waals surface area contributed by atoms with Crippen LogP contribution >= 0.6 is 11.3 Å². The molecule has 11 heteroatoms. The van der Waals surface area contributed by atoms with E-state index in [1.54, 1.807) is 64.3 Å². The van der Waals surface area contributed by atoms with Gasteiger partial charge in [0.05, 0.1) is 17.0 Å². The van der Waals surface area contributed by atoms with Crippen LogP contribution in [0.5, 0.6) is 0 Å². The lowest BCUT2D eigenvalue weighted by atomic mass is 9.89. The number of ketones is 1. The minimum atomic E-state index is -1.82. The Bertz CT molecular complexity index is 1740. The van der Waals surface area contributed by atoms with Crippen molar-refractivity contribution in [3.63, 3.8) is 0 Å². The highest BCUT2D eigenvalue weighted by atomic mass is 32.1. The standard InChI is InChI=1S/C31H33N3O7S/c1-16-24-18(15-40-7)11-12-19(17(2)35)26(24)42-25(16)27(36)33-23-14-13-20-21(9-8-10-22(20)32-23)31(6,28(37)38)34-29(39)41-30(3,4)5/h8-14H,15H2,1-7H3,(H,34,39)(H,37,38)(H,32,33,36). The predicted molar refractivity (Wildman–Crippen MR) is 161 cm³/mol. The number of carbonyl (C=O) groups is 4. The lowest BCUT2D eigenvalue weighted by Crippen LogP contribution is -2.51. The predicted octanol–water partition coefficient (Wildman–Crippen LogP) is 6.18. The van der Waals surface area contributed by atoms with Crippen LogP contribution in [0.1, 0.15) is 71.3 Å². The third-order valence-electron chi connectivity index (χ3n) is 6.74. The van der Waals surface area contributed by atoms with Crippen molar-refractivity contribution in [3.05, 3.63) is 69.6 Å². The molecule has 0 radical (unpaired) electrons. The molecule has 0 saturated carbocycles. The Morgan fingerprint density at radius 2 is 1.74 bits per heavy atom. The maximum absolute atomic E-state index is 13.4. The number of amides is 2. The first-order valence-corrected chi connectivity index (χ1v) is 14.0. The van der Waals surface area contributed by atoms with Gasteiger partial charge in [-0.15, -0.1) is 11.3 Å². The number of methoxy groups -OCH3 is 1. The molecule has 42 heavy (non-hydrogen) atoms. The first kappa shape index (κ1) is 30.6. The normalized spacial score (nSPS) is 13.0. The van der Waals surface area contributed by atoms with Gasteiger partial charge in [-0.05, 0) is 82.5 Å². The van der Waals surface area contributed by atoms with Gasteiger partial charge in [-0.3, -0.25) is 9.59 Å². The number of aryl methyl sites for hydroxylation is 1. The molecular formula is C31H33N3O7S. The molecule has 0 bridgehead atoms. The Morgan fingerprint density at radius 3 is 2.36 bits per heavy atom. The van der Waals surface area contributed by atoms with E-state index in [1.807, 2.05) is 13.0 Å². The molecule has 220 valence electrons. The molecule has 3 N–H and O–H groups in total. The monoisotopic (exact) mass is 591 g/mol. The number of nitrogens with zero attached hydrogens (tertiary/aromatic N) is 1. The molecule has 2 aromatic carbocycles. The number of Topliss-reactive ketones (excluding diaryl/α,β-unsaturated/α-hetero) is 1. The molecular weight excluding hydrogens is 558 g/mol. The molecule has 0 aliphatic rings. The van der Waals surface area contributed by atoms with Crippen molar-refractivity contribution in [2.24, 2.45) is 0 Å². The molecule has 0 aliphatic heterocycles. The minimum absolute atomic E-state index is 0.0984. The number of aliphatic carboxylic acids is 1. The molecule has 0 fully saturated rings. The van der Waals surface area contributed by atoms with Crippen LogP contribution in [0, 0.1) is 6.92 Å². The molecule has 2 aromatic heterocycles. The van der Waals surface area contributed by atoms with E-state index >= 15 is 0 Å². The van der Waals surface area contributed by atoms with Gasteiger partial charge in [0, 0.05) is 28.1 Å². The molecule has 1 unspecified atom stereocenters. The number of carboxylic acid groups (broad SMARTS) is 1. The number of ether oxygens (including phenoxy) is 2. The molecule has 0 saturated heterocycles. The smallest absolute Gasteiger partial charge is 0.408 e. The van der Waals surface area contributed by atoms with Crippen molar-refractivity contribution in [1.82, 2.24) is 10.3 Å². The Balaban J connectivity index is 1.70. The summed E-state index contributed by atoms with van der Waals surface area (Å²) in [7, 11) is 1.59. The second-order valence-electron chi connectivity index (χ2n) is 11.1. The average Bonchev–Trinajstić information content (AvgIpc) is 3.24. The number of benzene rings is 2. The zero-order chi connectivity index (χ0) is 31.0. The number of hydrogen-bond acceptors (Lipinski definition) is 8. The Morgan fingerprint density at radius 1 is 1.02 bits per heavy atom. The average molecular weight is 592 g/mol. The molecule has 10 nitrogen and oxygen atoms in total. The highest BCUT2D eigenvalue weighted by molar-refractivity contribution is 7.21. The number of hydrogen-bond donors (Lipinski definition) is 3. The molecule has 2 amide bonds. The van der Waals surface area contributed by atoms with Crippen LogP contribution in [0.4, 0.5) is 10.6 Å². The van der Waals surface area contributed by atoms with Crippen molar-refractivity contribution >= 4 is 61.9 Å². The van der Waals surface area contributed by atoms with Crippen LogP contribution < -0.4 is 10.6 Å². The van der Waals surface area contributed by atoms with Gasteiger partial charge >= 0.3 is 12.1 Å². The van der Waals surface area contributed by atoms with Crippen molar-refractivity contribution < 1.29 is 33.8 Å². The summed E-state index contributed by atoms with van der Waals surface area (Å²) in [6.07, 6.45) is -0.874. The third-order valence-corrected chi connectivity index (χ3v) is 8.06. The second kappa shape index (κ2) is 11.5. The summed E-state index contributed by atoms with van der Waals surface area (Å²) in [5, 5.41) is 16.7. The van der Waals surface area contributed by atoms with E-state index in [-0.39, 0.29) is 11.6 Å². The molecule has 2 heterocycles. The molecule has 4 aromatic rings. The van der Waals surface area contributed by atoms with Crippen molar-refractivity contribution in [2.75, 3.05) is 12.4 Å². The lowest BCUT2D eigenvalue weighted by molar-refractivity contribution is -0.144. The van der Waals surface area contributed by atoms with Gasteiger partial charge in [-0.2, -0.15) is 0 Å². The summed E-state index contributed by atoms with van der Waals surface area (Å²) in [6, 6.07) is 11.7. The SMILES string of the molecule is COCc1ccc(C(C)=O)c2sc(C(=O)Nc3ccc4c(C(C)(NC(=O)OC(C)(C)C)C(=O)O)cccc4n3)c(C)c12. The number of aromatic nitrogens is 1. The van der Waals surface area contributed by atoms with E-state index in [0.29, 0.717) is 33.5 Å². The van der Waals surface area contributed by atoms with Crippen LogP contribution in [0.2, 0.25) is 0 Å². The van der Waals surface area contributed by atoms with Crippen LogP contribution in [-0.2, 0) is 26.4 Å². The maximum atomic E-state index is 13.4. The fraction of sp³-hybridized carbons (Fsp3) is 0.323. The van der Waals surface area contributed by atoms with Gasteiger partial charge in [-0.25, -0.2) is 14.6 Å². The Hall–Kier alpha value is -4.35. The van der Waals surface area contributed by atoms with Gasteiger partial charge in [0.25, 0.3) is 5.91 Å². The number of fused-ring (bicyclic) bond motifs is 2. The van der Waals surface area contributed by atoms with Crippen LogP contribution in [0.15, 0.2) is 42.5 Å². The van der Waals surface area contributed by atoms with Crippen molar-refractivity contribution in [1.29, 1.82) is 0 Å². The third kappa shape index (κ3) is 5.97. The number of nitrogens with one attached hydrogen (secondary N) is 2. The number of thiophene rings is 1. The highest BCUT2D eigenvalue weighted by Crippen LogP contribution is 2.37. The van der Waals surface area contributed by atoms with Gasteiger partial charge in [0.1, 0.15) is 11.4 Å². The first-order chi connectivity index (χ1) is 19.7. The van der Waals surface area contributed by atoms with Crippen LogP contribution in [-0.4, -0.2) is 46.6 Å². The van der Waals surface area contributed by atoms with Crippen molar-refractivity contribution in [3.8, 4) is 0 Å². The summed E-state index contributed by atoms with van der Waals surface area (Å²) in [5.41, 5.74) is 0.221. The Labute approximate surface area is 247 Å². The van der Waals surface area contributed by atoms with Crippen LogP contribution in [0.25, 0.3) is 21.0 Å². The fourth-order valence-corrected chi connectivity index (χ4v) is 6.09. The number of anilines is 1. The number of rotatable bonds is 8. The van der Waals surface area contributed by atoms with E-state index in [1.165, 1.54) is 25.2 Å². The quantitative estimate of drug-likeness (QED) is 0.206. The van der Waals surface area contributed by atoms with E-state index in [4.69, 9.17) is 9.47 Å². The van der Waals surface area contributed by atoms with E-state index in [9.17, 15) is 24.3 Å². The maximum Gasteiger partial charge on any atom is 0.408 e. The van der Waals surface area contributed by atoms with E-state index in [2.05, 4.69) is 15.6 Å². The van der Waals surface area contributed by atoms with E-state index in [0.717, 1.165) is 21.2 Å². The summed E-state index contributed by atoms with van der Waals surface area (Å²) >= 11 is 1.23. The molecule has 4 rings (SSSR count). The van der Waals surface area contributed by atoms with Gasteiger partial charge in [0.2, 0.25) is 0 Å². The van der Waals surface area contributed by atoms with Crippen molar-refractivity contribution in [2.45, 2.75) is 59.3 Å². The molecule has 0 spiro atoms. The van der Waals surface area contributed by atoms with Gasteiger partial charge in [0.15, 0.2) is 11.3 Å². The summed E-state index contributed by atoms with van der Waals surface area (Å²) in [5.74, 6) is -1.52. The van der Waals surface area contributed by atoms with E-state index < -0.39 is 29.1 Å². The number of carbonyl (C=O) groups excluding carboxylic acids is 3. The second-order valence-corrected chi connectivity index (χ2v) is 12.1. The molecule has 0 aliphatic carbocycles. The van der Waals surface area contributed by atoms with Gasteiger partial charge < -0.3 is 25.2 Å².